The smallest absolute Gasteiger partial charge is 0.328 e. The molecule has 1 amide bonds. The van der Waals surface area contributed by atoms with Gasteiger partial charge >= 0.3 is 5.97 Å². The molecule has 0 aliphatic carbocycles. The standard InChI is InChI=1S/C12H14N4O3S/c1-7-15-10(5-20-7)11(17)16-9(12(18)19-2)3-8-4-13-6-14-8/h4-6,9H,3H2,1-2H3,(H,13,14)(H,16,17)/t9-/m0/s1. The lowest BCUT2D eigenvalue weighted by atomic mass is 10.1. The number of hydrogen-bond donors (Lipinski definition) is 2. The lowest BCUT2D eigenvalue weighted by Crippen LogP contribution is -2.43. The Kier molecular flexibility index (Phi) is 4.46. The molecule has 20 heavy (non-hydrogen) atoms. The van der Waals surface area contributed by atoms with E-state index in [2.05, 4.69) is 20.3 Å². The molecule has 106 valence electrons. The minimum absolute atomic E-state index is 0.279. The summed E-state index contributed by atoms with van der Waals surface area (Å²) in [7, 11) is 1.28. The van der Waals surface area contributed by atoms with Crippen LogP contribution in [0, 0.1) is 6.92 Å². The van der Waals surface area contributed by atoms with Gasteiger partial charge in [-0.15, -0.1) is 11.3 Å². The number of hydrogen-bond acceptors (Lipinski definition) is 6. The van der Waals surface area contributed by atoms with Crippen LogP contribution in [0.4, 0.5) is 0 Å². The zero-order valence-corrected chi connectivity index (χ0v) is 11.9. The third kappa shape index (κ3) is 3.41. The van der Waals surface area contributed by atoms with Gasteiger partial charge in [0.05, 0.1) is 18.4 Å². The average molecular weight is 294 g/mol. The fourth-order valence-electron chi connectivity index (χ4n) is 1.65. The van der Waals surface area contributed by atoms with Gasteiger partial charge in [0, 0.05) is 23.7 Å². The average Bonchev–Trinajstić information content (AvgIpc) is 3.08. The van der Waals surface area contributed by atoms with E-state index in [0.29, 0.717) is 5.69 Å². The Morgan fingerprint density at radius 1 is 1.55 bits per heavy atom. The van der Waals surface area contributed by atoms with Crippen LogP contribution in [0.15, 0.2) is 17.9 Å². The van der Waals surface area contributed by atoms with E-state index in [1.807, 2.05) is 6.92 Å². The van der Waals surface area contributed by atoms with Crippen LogP contribution in [-0.4, -0.2) is 40.0 Å². The van der Waals surface area contributed by atoms with Gasteiger partial charge in [-0.3, -0.25) is 4.79 Å². The molecular formula is C12H14N4O3S. The number of nitrogens with zero attached hydrogens (tertiary/aromatic N) is 2. The number of imidazole rings is 1. The van der Waals surface area contributed by atoms with Crippen LogP contribution in [0.5, 0.6) is 0 Å². The number of H-pyrrole nitrogens is 1. The highest BCUT2D eigenvalue weighted by Gasteiger charge is 2.24. The molecule has 0 unspecified atom stereocenters. The van der Waals surface area contributed by atoms with Gasteiger partial charge in [0.1, 0.15) is 11.7 Å². The second-order valence-electron chi connectivity index (χ2n) is 4.08. The van der Waals surface area contributed by atoms with E-state index in [0.717, 1.165) is 10.7 Å². The van der Waals surface area contributed by atoms with E-state index in [9.17, 15) is 9.59 Å². The normalized spacial score (nSPS) is 11.9. The lowest BCUT2D eigenvalue weighted by Gasteiger charge is -2.14. The highest BCUT2D eigenvalue weighted by molar-refractivity contribution is 7.09. The Morgan fingerprint density at radius 3 is 2.90 bits per heavy atom. The summed E-state index contributed by atoms with van der Waals surface area (Å²) in [5, 5.41) is 5.06. The van der Waals surface area contributed by atoms with Crippen molar-refractivity contribution in [3.05, 3.63) is 34.3 Å². The number of ether oxygens (including phenoxy) is 1. The number of carbonyl (C=O) groups is 2. The van der Waals surface area contributed by atoms with Gasteiger partial charge < -0.3 is 15.0 Å². The predicted octanol–water partition coefficient (Wildman–Crippen LogP) is 0.689. The highest BCUT2D eigenvalue weighted by Crippen LogP contribution is 2.09. The number of methoxy groups -OCH3 is 1. The molecule has 7 nitrogen and oxygen atoms in total. The molecular weight excluding hydrogens is 280 g/mol. The zero-order valence-electron chi connectivity index (χ0n) is 11.0. The number of aryl methyl sites for hydroxylation is 1. The van der Waals surface area contributed by atoms with Gasteiger partial charge in [0.15, 0.2) is 0 Å². The number of rotatable bonds is 5. The molecule has 1 atom stereocenters. The van der Waals surface area contributed by atoms with Crippen molar-refractivity contribution in [3.63, 3.8) is 0 Å². The topological polar surface area (TPSA) is 97.0 Å². The Balaban J connectivity index is 2.07. The van der Waals surface area contributed by atoms with Gasteiger partial charge in [0.2, 0.25) is 0 Å². The Hall–Kier alpha value is -2.22. The van der Waals surface area contributed by atoms with Crippen molar-refractivity contribution < 1.29 is 14.3 Å². The SMILES string of the molecule is COC(=O)[C@H](Cc1cnc[nH]1)NC(=O)c1csc(C)n1. The summed E-state index contributed by atoms with van der Waals surface area (Å²) in [5.41, 5.74) is 1.03. The number of aromatic nitrogens is 3. The van der Waals surface area contributed by atoms with Crippen molar-refractivity contribution in [2.75, 3.05) is 7.11 Å². The summed E-state index contributed by atoms with van der Waals surface area (Å²) in [5.74, 6) is -0.913. The highest BCUT2D eigenvalue weighted by atomic mass is 32.1. The number of nitrogens with one attached hydrogen (secondary N) is 2. The van der Waals surface area contributed by atoms with Gasteiger partial charge in [-0.25, -0.2) is 14.8 Å². The number of carbonyl (C=O) groups excluding carboxylic acids is 2. The second kappa shape index (κ2) is 6.29. The molecule has 2 N–H and O–H groups in total. The molecule has 2 aromatic heterocycles. The summed E-state index contributed by atoms with van der Waals surface area (Å²) in [4.78, 5) is 34.6. The van der Waals surface area contributed by atoms with Crippen molar-refractivity contribution >= 4 is 23.2 Å². The van der Waals surface area contributed by atoms with E-state index in [-0.39, 0.29) is 6.42 Å². The maximum absolute atomic E-state index is 12.0. The van der Waals surface area contributed by atoms with E-state index < -0.39 is 17.9 Å². The van der Waals surface area contributed by atoms with E-state index in [1.54, 1.807) is 11.6 Å². The van der Waals surface area contributed by atoms with Crippen LogP contribution >= 0.6 is 11.3 Å². The quantitative estimate of drug-likeness (QED) is 0.791. The Bertz CT molecular complexity index is 594. The lowest BCUT2D eigenvalue weighted by molar-refractivity contribution is -0.142. The molecule has 0 bridgehead atoms. The van der Waals surface area contributed by atoms with Gasteiger partial charge in [-0.2, -0.15) is 0 Å². The summed E-state index contributed by atoms with van der Waals surface area (Å²) in [6, 6.07) is -0.782. The molecule has 0 radical (unpaired) electrons. The van der Waals surface area contributed by atoms with Gasteiger partial charge in [-0.1, -0.05) is 0 Å². The number of esters is 1. The maximum atomic E-state index is 12.0. The van der Waals surface area contributed by atoms with E-state index in [4.69, 9.17) is 4.74 Å². The fourth-order valence-corrected chi connectivity index (χ4v) is 2.24. The van der Waals surface area contributed by atoms with Crippen LogP contribution in [0.3, 0.4) is 0 Å². The van der Waals surface area contributed by atoms with Gasteiger partial charge in [-0.05, 0) is 6.92 Å². The number of amides is 1. The van der Waals surface area contributed by atoms with E-state index >= 15 is 0 Å². The van der Waals surface area contributed by atoms with Crippen LogP contribution in [0.25, 0.3) is 0 Å². The molecule has 8 heteroatoms. The molecule has 2 rings (SSSR count). The van der Waals surface area contributed by atoms with Crippen LogP contribution in [0.1, 0.15) is 21.2 Å². The molecule has 0 aliphatic heterocycles. The summed E-state index contributed by atoms with van der Waals surface area (Å²) in [6.45, 7) is 1.81. The maximum Gasteiger partial charge on any atom is 0.328 e. The zero-order chi connectivity index (χ0) is 14.5. The van der Waals surface area contributed by atoms with Crippen molar-refractivity contribution in [3.8, 4) is 0 Å². The minimum Gasteiger partial charge on any atom is -0.467 e. The monoisotopic (exact) mass is 294 g/mol. The largest absolute Gasteiger partial charge is 0.467 e. The van der Waals surface area contributed by atoms with Crippen molar-refractivity contribution in [1.29, 1.82) is 0 Å². The number of aromatic amines is 1. The van der Waals surface area contributed by atoms with Crippen LogP contribution in [0.2, 0.25) is 0 Å². The van der Waals surface area contributed by atoms with Crippen molar-refractivity contribution in [2.45, 2.75) is 19.4 Å². The van der Waals surface area contributed by atoms with Crippen LogP contribution in [-0.2, 0) is 16.0 Å². The Labute approximate surface area is 119 Å². The first-order valence-electron chi connectivity index (χ1n) is 5.88. The van der Waals surface area contributed by atoms with Crippen LogP contribution < -0.4 is 5.32 Å². The van der Waals surface area contributed by atoms with Crippen molar-refractivity contribution in [2.24, 2.45) is 0 Å². The summed E-state index contributed by atoms with van der Waals surface area (Å²) >= 11 is 1.38. The molecule has 0 spiro atoms. The molecule has 0 aromatic carbocycles. The first-order chi connectivity index (χ1) is 9.60. The summed E-state index contributed by atoms with van der Waals surface area (Å²) < 4.78 is 4.70. The predicted molar refractivity (Wildman–Crippen MR) is 72.4 cm³/mol. The molecule has 0 saturated carbocycles. The molecule has 0 fully saturated rings. The fraction of sp³-hybridized carbons (Fsp3) is 0.333. The van der Waals surface area contributed by atoms with Gasteiger partial charge in [0.25, 0.3) is 5.91 Å². The summed E-state index contributed by atoms with van der Waals surface area (Å²) in [6.07, 6.45) is 3.38. The second-order valence-corrected chi connectivity index (χ2v) is 5.14. The van der Waals surface area contributed by atoms with Crippen molar-refractivity contribution in [1.82, 2.24) is 20.3 Å². The van der Waals surface area contributed by atoms with E-state index in [1.165, 1.54) is 24.8 Å². The Morgan fingerprint density at radius 2 is 2.35 bits per heavy atom. The first-order valence-corrected chi connectivity index (χ1v) is 6.76. The molecule has 2 heterocycles. The third-order valence-electron chi connectivity index (χ3n) is 2.62. The molecule has 0 aliphatic rings. The first kappa shape index (κ1) is 14.2. The molecule has 2 aromatic rings. The third-order valence-corrected chi connectivity index (χ3v) is 3.40. The minimum atomic E-state index is -0.782. The number of thiazole rings is 1. The molecule has 0 saturated heterocycles.